The molecule has 6 atom stereocenters. The number of nitrogens with one attached hydrogen (secondary N) is 1. The first-order valence-electron chi connectivity index (χ1n) is 15.9. The van der Waals surface area contributed by atoms with E-state index in [1.54, 1.807) is 19.2 Å². The third-order valence-electron chi connectivity index (χ3n) is 9.11. The van der Waals surface area contributed by atoms with E-state index in [1.165, 1.54) is 11.0 Å². The lowest BCUT2D eigenvalue weighted by molar-refractivity contribution is -0.226. The summed E-state index contributed by atoms with van der Waals surface area (Å²) in [5.41, 5.74) is 2.24. The van der Waals surface area contributed by atoms with Crippen molar-refractivity contribution in [3.8, 4) is 11.5 Å². The molecule has 0 saturated heterocycles. The van der Waals surface area contributed by atoms with Gasteiger partial charge in [-0.05, 0) is 68.2 Å². The molecule has 0 aromatic heterocycles. The van der Waals surface area contributed by atoms with E-state index in [1.807, 2.05) is 6.92 Å². The van der Waals surface area contributed by atoms with Crippen LogP contribution in [0, 0.1) is 17.8 Å². The summed E-state index contributed by atoms with van der Waals surface area (Å²) in [7, 11) is 1.61. The number of fused-ring (bicyclic) bond motifs is 2. The molecule has 12 heteroatoms. The molecule has 6 N–H and O–H groups in total. The Hall–Kier alpha value is -2.90. The Morgan fingerprint density at radius 1 is 1.11 bits per heavy atom. The molecule has 2 aliphatic carbocycles. The minimum Gasteiger partial charge on any atom is -0.508 e. The highest BCUT2D eigenvalue weighted by molar-refractivity contribution is 6.02. The Bertz CT molecular complexity index is 1160. The van der Waals surface area contributed by atoms with E-state index in [0.717, 1.165) is 36.8 Å². The van der Waals surface area contributed by atoms with Gasteiger partial charge in [0, 0.05) is 44.7 Å². The van der Waals surface area contributed by atoms with Crippen LogP contribution in [0.25, 0.3) is 0 Å². The predicted molar refractivity (Wildman–Crippen MR) is 163 cm³/mol. The van der Waals surface area contributed by atoms with Gasteiger partial charge >= 0.3 is 6.03 Å². The third-order valence-corrected chi connectivity index (χ3v) is 9.11. The number of ether oxygens (including phenoxy) is 2. The highest BCUT2D eigenvalue weighted by atomic mass is 16.6. The van der Waals surface area contributed by atoms with Gasteiger partial charge in [-0.1, -0.05) is 24.1 Å². The van der Waals surface area contributed by atoms with Crippen LogP contribution in [0.4, 0.5) is 4.79 Å². The number of nitrogens with zero attached hydrogens (tertiary/aromatic N) is 2. The largest absolute Gasteiger partial charge is 0.508 e. The number of hydrogen-bond donors (Lipinski definition) is 6. The first-order valence-corrected chi connectivity index (χ1v) is 15.9. The molecule has 246 valence electrons. The molecule has 6 unspecified atom stereocenters. The zero-order chi connectivity index (χ0) is 31.7. The lowest BCUT2D eigenvalue weighted by atomic mass is 9.55. The number of aliphatic hydroxyl groups is 4. The highest BCUT2D eigenvalue weighted by Gasteiger charge is 2.63. The molecule has 1 heterocycles. The molecule has 0 bridgehead atoms. The summed E-state index contributed by atoms with van der Waals surface area (Å²) in [5, 5.41) is 58.6. The van der Waals surface area contributed by atoms with E-state index >= 15 is 0 Å². The Balaban J connectivity index is 1.80. The summed E-state index contributed by atoms with van der Waals surface area (Å²) in [5.74, 6) is -2.07. The number of aromatic hydroxyl groups is 1. The number of benzene rings is 1. The number of likely N-dealkylation sites (N-methyl/N-ethyl adjacent to an activating group) is 1. The number of carbonyl (C=O) groups is 1. The lowest BCUT2D eigenvalue weighted by Gasteiger charge is -2.58. The molecule has 2 amide bonds. The summed E-state index contributed by atoms with van der Waals surface area (Å²) >= 11 is 0. The molecule has 44 heavy (non-hydrogen) atoms. The third kappa shape index (κ3) is 7.31. The number of urea groups is 1. The molecular formula is C32H49N3O9. The maximum Gasteiger partial charge on any atom is 0.317 e. The van der Waals surface area contributed by atoms with Gasteiger partial charge in [0.15, 0.2) is 0 Å². The Morgan fingerprint density at radius 2 is 1.86 bits per heavy atom. The fourth-order valence-corrected chi connectivity index (χ4v) is 7.17. The highest BCUT2D eigenvalue weighted by Crippen LogP contribution is 2.60. The van der Waals surface area contributed by atoms with Crippen molar-refractivity contribution in [3.63, 3.8) is 0 Å². The van der Waals surface area contributed by atoms with Crippen LogP contribution < -0.4 is 10.1 Å². The summed E-state index contributed by atoms with van der Waals surface area (Å²) < 4.78 is 11.7. The number of aliphatic hydroxyl groups excluding tert-OH is 3. The van der Waals surface area contributed by atoms with Crippen LogP contribution in [0.5, 0.6) is 11.5 Å². The normalized spacial score (nSPS) is 28.0. The van der Waals surface area contributed by atoms with Gasteiger partial charge in [0.1, 0.15) is 24.1 Å². The van der Waals surface area contributed by atoms with E-state index in [2.05, 4.69) is 16.5 Å². The quantitative estimate of drug-likeness (QED) is 0.120. The van der Waals surface area contributed by atoms with Gasteiger partial charge in [-0.2, -0.15) is 0 Å². The fourth-order valence-electron chi connectivity index (χ4n) is 7.17. The fraction of sp³-hybridized carbons (Fsp3) is 0.688. The molecule has 1 saturated carbocycles. The standard InChI is InChI=1S/C32H49N3O9/c1-3-43-34-26-20-28(35(2)31(40)33-12-16-42-17-15-38)32(41)30-24(26)18-21(8-4-6-13-36)23(9-5-7-14-37)29(30)25-19-22(39)10-11-27(25)44-32/h10-11,18-19,21,23,28-30,36-39,41H,3-9,12-17,20H2,1-2H3,(H,33,40). The van der Waals surface area contributed by atoms with Gasteiger partial charge in [-0.25, -0.2) is 4.79 Å². The van der Waals surface area contributed by atoms with E-state index < -0.39 is 23.8 Å². The van der Waals surface area contributed by atoms with Crippen LogP contribution in [-0.2, 0) is 9.57 Å². The van der Waals surface area contributed by atoms with Gasteiger partial charge in [0.05, 0.1) is 31.5 Å². The minimum absolute atomic E-state index is 0.0277. The molecule has 1 fully saturated rings. The van der Waals surface area contributed by atoms with Gasteiger partial charge < -0.3 is 50.1 Å². The smallest absolute Gasteiger partial charge is 0.317 e. The Morgan fingerprint density at radius 3 is 2.57 bits per heavy atom. The van der Waals surface area contributed by atoms with Crippen molar-refractivity contribution in [1.29, 1.82) is 0 Å². The molecule has 1 aromatic rings. The van der Waals surface area contributed by atoms with Gasteiger partial charge in [-0.15, -0.1) is 0 Å². The maximum atomic E-state index is 13.4. The molecule has 3 aliphatic rings. The SMILES string of the molecule is CCON=C1CC(N(C)C(=O)NCCOCCO)C2(O)Oc3ccc(O)cc3C3C(CCCCO)C(CCCCO)C=C1C32. The molecule has 0 spiro atoms. The number of phenolic OH excluding ortho intramolecular Hbond substituents is 1. The minimum atomic E-state index is -1.82. The number of unbranched alkanes of at least 4 members (excludes halogenated alkanes) is 2. The van der Waals surface area contributed by atoms with Crippen LogP contribution in [0.1, 0.15) is 63.4 Å². The van der Waals surface area contributed by atoms with E-state index in [9.17, 15) is 25.2 Å². The van der Waals surface area contributed by atoms with E-state index in [4.69, 9.17) is 19.4 Å². The molecule has 12 nitrogen and oxygen atoms in total. The number of amides is 2. The van der Waals surface area contributed by atoms with Crippen LogP contribution >= 0.6 is 0 Å². The summed E-state index contributed by atoms with van der Waals surface area (Å²) in [6, 6.07) is 3.65. The summed E-state index contributed by atoms with van der Waals surface area (Å²) in [6.45, 7) is 2.89. The molecular weight excluding hydrogens is 570 g/mol. The second-order valence-electron chi connectivity index (χ2n) is 11.8. The van der Waals surface area contributed by atoms with Crippen LogP contribution in [0.2, 0.25) is 0 Å². The average Bonchev–Trinajstić information content (AvgIpc) is 3.01. The molecule has 1 aromatic carbocycles. The predicted octanol–water partition coefficient (Wildman–Crippen LogP) is 2.49. The summed E-state index contributed by atoms with van der Waals surface area (Å²) in [6.07, 6.45) is 6.86. The van der Waals surface area contributed by atoms with Crippen molar-refractivity contribution in [1.82, 2.24) is 10.2 Å². The number of hydrogen-bond acceptors (Lipinski definition) is 10. The Labute approximate surface area is 259 Å². The van der Waals surface area contributed by atoms with Crippen molar-refractivity contribution in [3.05, 3.63) is 35.4 Å². The maximum absolute atomic E-state index is 13.4. The summed E-state index contributed by atoms with van der Waals surface area (Å²) in [4.78, 5) is 20.4. The number of allylic oxidation sites excluding steroid dienone is 1. The van der Waals surface area contributed by atoms with E-state index in [-0.39, 0.29) is 69.5 Å². The van der Waals surface area contributed by atoms with Crippen LogP contribution in [-0.4, -0.2) is 107 Å². The molecule has 1 aliphatic heterocycles. The monoisotopic (exact) mass is 619 g/mol. The first kappa shape index (κ1) is 34.0. The lowest BCUT2D eigenvalue weighted by Crippen LogP contribution is -2.69. The van der Waals surface area contributed by atoms with Crippen molar-refractivity contribution < 1.29 is 44.6 Å². The second kappa shape index (κ2) is 15.9. The number of oxime groups is 1. The van der Waals surface area contributed by atoms with Gasteiger partial charge in [0.25, 0.3) is 0 Å². The van der Waals surface area contributed by atoms with Gasteiger partial charge in [0.2, 0.25) is 5.79 Å². The topological polar surface area (TPSA) is 174 Å². The van der Waals surface area contributed by atoms with Crippen molar-refractivity contribution >= 4 is 11.7 Å². The van der Waals surface area contributed by atoms with Gasteiger partial charge in [-0.3, -0.25) is 0 Å². The Kier molecular flexibility index (Phi) is 12.3. The van der Waals surface area contributed by atoms with Crippen molar-refractivity contribution in [2.75, 3.05) is 53.2 Å². The van der Waals surface area contributed by atoms with Crippen molar-refractivity contribution in [2.24, 2.45) is 22.9 Å². The van der Waals surface area contributed by atoms with E-state index in [0.29, 0.717) is 30.9 Å². The number of carbonyl (C=O) groups excluding carboxylic acids is 1. The van der Waals surface area contributed by atoms with Crippen molar-refractivity contribution in [2.45, 2.75) is 69.6 Å². The van der Waals surface area contributed by atoms with Crippen LogP contribution in [0.15, 0.2) is 35.0 Å². The zero-order valence-corrected chi connectivity index (χ0v) is 25.9. The second-order valence-corrected chi connectivity index (χ2v) is 11.8. The molecule has 4 rings (SSSR count). The average molecular weight is 620 g/mol. The number of rotatable bonds is 16. The van der Waals surface area contributed by atoms with Crippen LogP contribution in [0.3, 0.4) is 0 Å². The zero-order valence-electron chi connectivity index (χ0n) is 25.9. The number of phenols is 1. The molecule has 0 radical (unpaired) electrons. The first-order chi connectivity index (χ1) is 21.3.